The fourth-order valence-electron chi connectivity index (χ4n) is 3.19. The Labute approximate surface area is 156 Å². The number of benzene rings is 2. The van der Waals surface area contributed by atoms with Crippen LogP contribution in [-0.4, -0.2) is 43.5 Å². The van der Waals surface area contributed by atoms with Gasteiger partial charge in [-0.3, -0.25) is 9.69 Å². The number of rotatable bonds is 4. The fraction of sp³-hybridized carbons (Fsp3) is 0.300. The van der Waals surface area contributed by atoms with Gasteiger partial charge in [-0.05, 0) is 30.7 Å². The maximum atomic E-state index is 13.2. The molecular formula is C20H20F2N4O. The standard InChI is InChI=1S/C20H20F2N4O/c21-17-7-6-16(12-18(17)22)24-20(27)14-25-8-3-9-26(11-10-25)19-5-2-1-4-15(19)13-23/h1-2,4-7,12H,3,8-11,14H2,(H,24,27). The maximum Gasteiger partial charge on any atom is 0.238 e. The van der Waals surface area contributed by atoms with Crippen molar-refractivity contribution in [1.82, 2.24) is 4.90 Å². The molecule has 1 amide bonds. The van der Waals surface area contributed by atoms with Gasteiger partial charge in [0.1, 0.15) is 6.07 Å². The van der Waals surface area contributed by atoms with Crippen molar-refractivity contribution in [1.29, 1.82) is 5.26 Å². The number of hydrogen-bond acceptors (Lipinski definition) is 4. The zero-order chi connectivity index (χ0) is 19.2. The van der Waals surface area contributed by atoms with Crippen molar-refractivity contribution in [2.45, 2.75) is 6.42 Å². The number of nitriles is 1. The topological polar surface area (TPSA) is 59.4 Å². The number of para-hydroxylation sites is 1. The van der Waals surface area contributed by atoms with Gasteiger partial charge in [0.2, 0.25) is 5.91 Å². The Morgan fingerprint density at radius 3 is 2.67 bits per heavy atom. The molecule has 1 fully saturated rings. The van der Waals surface area contributed by atoms with Gasteiger partial charge in [0.15, 0.2) is 11.6 Å². The maximum absolute atomic E-state index is 13.2. The molecule has 2 aromatic carbocycles. The first-order valence-corrected chi connectivity index (χ1v) is 8.78. The summed E-state index contributed by atoms with van der Waals surface area (Å²) < 4.78 is 26.2. The van der Waals surface area contributed by atoms with Gasteiger partial charge in [-0.25, -0.2) is 8.78 Å². The Morgan fingerprint density at radius 1 is 1.07 bits per heavy atom. The molecule has 0 aliphatic carbocycles. The first-order valence-electron chi connectivity index (χ1n) is 8.78. The zero-order valence-electron chi connectivity index (χ0n) is 14.8. The summed E-state index contributed by atoms with van der Waals surface area (Å²) in [5.41, 5.74) is 1.79. The van der Waals surface area contributed by atoms with Gasteiger partial charge >= 0.3 is 0 Å². The van der Waals surface area contributed by atoms with Crippen LogP contribution in [0.2, 0.25) is 0 Å². The number of hydrogen-bond donors (Lipinski definition) is 1. The molecule has 0 aromatic heterocycles. The quantitative estimate of drug-likeness (QED) is 0.899. The number of carbonyl (C=O) groups is 1. The molecule has 1 saturated heterocycles. The fourth-order valence-corrected chi connectivity index (χ4v) is 3.19. The molecule has 2 aromatic rings. The van der Waals surface area contributed by atoms with Crippen LogP contribution < -0.4 is 10.2 Å². The van der Waals surface area contributed by atoms with Crippen LogP contribution in [0.15, 0.2) is 42.5 Å². The molecule has 0 spiro atoms. The second-order valence-electron chi connectivity index (χ2n) is 6.42. The molecule has 0 radical (unpaired) electrons. The normalized spacial score (nSPS) is 15.1. The van der Waals surface area contributed by atoms with Crippen LogP contribution in [0.25, 0.3) is 0 Å². The summed E-state index contributed by atoms with van der Waals surface area (Å²) in [6.45, 7) is 3.10. The third-order valence-electron chi connectivity index (χ3n) is 4.52. The van der Waals surface area contributed by atoms with E-state index in [-0.39, 0.29) is 18.1 Å². The van der Waals surface area contributed by atoms with Gasteiger partial charge < -0.3 is 10.2 Å². The minimum absolute atomic E-state index is 0.173. The number of amides is 1. The Hall–Kier alpha value is -2.98. The van der Waals surface area contributed by atoms with Crippen LogP contribution >= 0.6 is 0 Å². The van der Waals surface area contributed by atoms with Crippen LogP contribution in [-0.2, 0) is 4.79 Å². The van der Waals surface area contributed by atoms with Crippen LogP contribution in [0.5, 0.6) is 0 Å². The number of nitrogens with one attached hydrogen (secondary N) is 1. The third kappa shape index (κ3) is 4.80. The molecular weight excluding hydrogens is 350 g/mol. The lowest BCUT2D eigenvalue weighted by molar-refractivity contribution is -0.117. The van der Waals surface area contributed by atoms with Gasteiger partial charge in [0, 0.05) is 37.9 Å². The summed E-state index contributed by atoms with van der Waals surface area (Å²) in [6, 6.07) is 13.0. The first-order chi connectivity index (χ1) is 13.1. The largest absolute Gasteiger partial charge is 0.369 e. The van der Waals surface area contributed by atoms with Crippen LogP contribution in [0.4, 0.5) is 20.2 Å². The van der Waals surface area contributed by atoms with E-state index in [0.717, 1.165) is 37.3 Å². The van der Waals surface area contributed by atoms with Gasteiger partial charge in [-0.1, -0.05) is 12.1 Å². The number of carbonyl (C=O) groups excluding carboxylic acids is 1. The van der Waals surface area contributed by atoms with Crippen molar-refractivity contribution in [2.75, 3.05) is 42.9 Å². The summed E-state index contributed by atoms with van der Waals surface area (Å²) >= 11 is 0. The van der Waals surface area contributed by atoms with E-state index in [0.29, 0.717) is 18.7 Å². The molecule has 5 nitrogen and oxygen atoms in total. The van der Waals surface area contributed by atoms with Gasteiger partial charge in [-0.15, -0.1) is 0 Å². The average molecular weight is 370 g/mol. The predicted octanol–water partition coefficient (Wildman–Crippen LogP) is 2.99. The Balaban J connectivity index is 1.57. The molecule has 0 saturated carbocycles. The van der Waals surface area contributed by atoms with Crippen LogP contribution in [0, 0.1) is 23.0 Å². The van der Waals surface area contributed by atoms with Crippen molar-refractivity contribution >= 4 is 17.3 Å². The molecule has 140 valence electrons. The highest BCUT2D eigenvalue weighted by atomic mass is 19.2. The molecule has 27 heavy (non-hydrogen) atoms. The van der Waals surface area contributed by atoms with Crippen molar-refractivity contribution in [3.8, 4) is 6.07 Å². The predicted molar refractivity (Wildman–Crippen MR) is 99.4 cm³/mol. The first kappa shape index (κ1) is 18.8. The van der Waals surface area contributed by atoms with Crippen LogP contribution in [0.1, 0.15) is 12.0 Å². The molecule has 1 N–H and O–H groups in total. The molecule has 3 rings (SSSR count). The molecule has 1 heterocycles. The highest BCUT2D eigenvalue weighted by molar-refractivity contribution is 5.92. The van der Waals surface area contributed by atoms with Crippen molar-refractivity contribution < 1.29 is 13.6 Å². The zero-order valence-corrected chi connectivity index (χ0v) is 14.8. The van der Waals surface area contributed by atoms with E-state index < -0.39 is 11.6 Å². The molecule has 0 unspecified atom stereocenters. The second kappa shape index (κ2) is 8.60. The molecule has 0 bridgehead atoms. The van der Waals surface area contributed by atoms with E-state index >= 15 is 0 Å². The lowest BCUT2D eigenvalue weighted by atomic mass is 10.1. The van der Waals surface area contributed by atoms with Crippen LogP contribution in [0.3, 0.4) is 0 Å². The molecule has 1 aliphatic rings. The molecule has 7 heteroatoms. The van der Waals surface area contributed by atoms with Gasteiger partial charge in [-0.2, -0.15) is 5.26 Å². The van der Waals surface area contributed by atoms with Crippen molar-refractivity contribution in [3.63, 3.8) is 0 Å². The monoisotopic (exact) mass is 370 g/mol. The lowest BCUT2D eigenvalue weighted by Gasteiger charge is -2.24. The number of halogens is 2. The molecule has 1 aliphatic heterocycles. The summed E-state index contributed by atoms with van der Waals surface area (Å²) in [5, 5.41) is 11.9. The minimum atomic E-state index is -0.991. The van der Waals surface area contributed by atoms with E-state index in [1.54, 1.807) is 6.07 Å². The Kier molecular flexibility index (Phi) is 5.99. The number of anilines is 2. The highest BCUT2D eigenvalue weighted by Gasteiger charge is 2.19. The molecule has 0 atom stereocenters. The smallest absolute Gasteiger partial charge is 0.238 e. The summed E-state index contributed by atoms with van der Waals surface area (Å²) in [6.07, 6.45) is 0.859. The average Bonchev–Trinajstić information content (AvgIpc) is 2.90. The van der Waals surface area contributed by atoms with Crippen molar-refractivity contribution in [3.05, 3.63) is 59.7 Å². The lowest BCUT2D eigenvalue weighted by Crippen LogP contribution is -2.36. The van der Waals surface area contributed by atoms with E-state index in [1.807, 2.05) is 23.1 Å². The van der Waals surface area contributed by atoms with E-state index in [2.05, 4.69) is 16.3 Å². The summed E-state index contributed by atoms with van der Waals surface area (Å²) in [5.74, 6) is -2.21. The summed E-state index contributed by atoms with van der Waals surface area (Å²) in [7, 11) is 0. The Bertz CT molecular complexity index is 865. The second-order valence-corrected chi connectivity index (χ2v) is 6.42. The Morgan fingerprint density at radius 2 is 1.89 bits per heavy atom. The highest BCUT2D eigenvalue weighted by Crippen LogP contribution is 2.21. The minimum Gasteiger partial charge on any atom is -0.369 e. The summed E-state index contributed by atoms with van der Waals surface area (Å²) in [4.78, 5) is 16.4. The van der Waals surface area contributed by atoms with Gasteiger partial charge in [0.25, 0.3) is 0 Å². The van der Waals surface area contributed by atoms with E-state index in [9.17, 15) is 18.8 Å². The van der Waals surface area contributed by atoms with Crippen molar-refractivity contribution in [2.24, 2.45) is 0 Å². The van der Waals surface area contributed by atoms with E-state index in [4.69, 9.17) is 0 Å². The van der Waals surface area contributed by atoms with E-state index in [1.165, 1.54) is 6.07 Å². The van der Waals surface area contributed by atoms with Gasteiger partial charge in [0.05, 0.1) is 17.8 Å². The number of nitrogens with zero attached hydrogens (tertiary/aromatic N) is 3. The third-order valence-corrected chi connectivity index (χ3v) is 4.52. The SMILES string of the molecule is N#Cc1ccccc1N1CCCN(CC(=O)Nc2ccc(F)c(F)c2)CC1.